The highest BCUT2D eigenvalue weighted by Gasteiger charge is 2.25. The molecule has 7 heteroatoms. The number of hydrogen-bond acceptors (Lipinski definition) is 6. The van der Waals surface area contributed by atoms with E-state index in [1.807, 2.05) is 0 Å². The maximum atomic E-state index is 11.6. The molecule has 0 N–H and O–H groups in total. The molecular weight excluding hydrogens is 278 g/mol. The smallest absolute Gasteiger partial charge is 0.380 e. The molecule has 0 aliphatic rings. The number of carbonyl (C=O) groups is 2. The Morgan fingerprint density at radius 2 is 2.14 bits per heavy atom. The second-order valence-electron chi connectivity index (χ2n) is 4.02. The first kappa shape index (κ1) is 16.4. The van der Waals surface area contributed by atoms with Crippen molar-refractivity contribution < 1.29 is 24.0 Å². The van der Waals surface area contributed by atoms with Gasteiger partial charge in [0.2, 0.25) is 11.5 Å². The first-order chi connectivity index (χ1) is 10.0. The topological polar surface area (TPSA) is 95.7 Å². The third-order valence-electron chi connectivity index (χ3n) is 2.41. The van der Waals surface area contributed by atoms with Crippen molar-refractivity contribution >= 4 is 17.4 Å². The lowest BCUT2D eigenvalue weighted by Gasteiger charge is -2.10. The Balaban J connectivity index is 3.11. The molecule has 0 radical (unpaired) electrons. The van der Waals surface area contributed by atoms with E-state index in [0.29, 0.717) is 6.42 Å². The van der Waals surface area contributed by atoms with Crippen LogP contribution < -0.4 is 9.47 Å². The molecule has 0 heterocycles. The number of ketones is 1. The summed E-state index contributed by atoms with van der Waals surface area (Å²) in [7, 11) is 0. The summed E-state index contributed by atoms with van der Waals surface area (Å²) < 4.78 is 10.1. The Labute approximate surface area is 121 Å². The predicted octanol–water partition coefficient (Wildman–Crippen LogP) is 2.43. The average Bonchev–Trinajstić information content (AvgIpc) is 2.45. The summed E-state index contributed by atoms with van der Waals surface area (Å²) in [6.45, 7) is 5.26. The van der Waals surface area contributed by atoms with E-state index in [4.69, 9.17) is 9.47 Å². The van der Waals surface area contributed by atoms with Crippen molar-refractivity contribution in [1.29, 1.82) is 0 Å². The molecule has 1 aromatic carbocycles. The van der Waals surface area contributed by atoms with Crippen molar-refractivity contribution in [2.75, 3.05) is 6.61 Å². The summed E-state index contributed by atoms with van der Waals surface area (Å²) in [4.78, 5) is 33.3. The van der Waals surface area contributed by atoms with E-state index in [-0.39, 0.29) is 24.5 Å². The highest BCUT2D eigenvalue weighted by Crippen LogP contribution is 2.37. The lowest BCUT2D eigenvalue weighted by atomic mass is 10.2. The highest BCUT2D eigenvalue weighted by atomic mass is 16.6. The number of Topliss-reactive ketones (excluding diaryl/α,β-unsaturated/α-hetero) is 1. The van der Waals surface area contributed by atoms with Crippen LogP contribution in [0.3, 0.4) is 0 Å². The van der Waals surface area contributed by atoms with E-state index in [9.17, 15) is 19.7 Å². The van der Waals surface area contributed by atoms with Crippen molar-refractivity contribution in [2.24, 2.45) is 0 Å². The van der Waals surface area contributed by atoms with Gasteiger partial charge in [0.1, 0.15) is 6.61 Å². The minimum Gasteiger partial charge on any atom is -0.485 e. The minimum atomic E-state index is -1.14. The van der Waals surface area contributed by atoms with Crippen LogP contribution in [0.15, 0.2) is 30.9 Å². The standard InChI is InChI=1S/C14H15NO6/c1-3-6-11(16)14(17)21-13-10(15(18)19)7-5-8-12(13)20-9-4-2/h4-5,7-8H,2-3,6,9H2,1H3. The molecule has 0 aromatic heterocycles. The van der Waals surface area contributed by atoms with Gasteiger partial charge in [-0.2, -0.15) is 0 Å². The van der Waals surface area contributed by atoms with Crippen molar-refractivity contribution in [3.05, 3.63) is 41.0 Å². The van der Waals surface area contributed by atoms with Crippen LogP contribution in [-0.4, -0.2) is 23.3 Å². The van der Waals surface area contributed by atoms with E-state index in [1.165, 1.54) is 18.2 Å². The number of para-hydroxylation sites is 1. The van der Waals surface area contributed by atoms with Crippen LogP contribution in [0.4, 0.5) is 5.69 Å². The van der Waals surface area contributed by atoms with Gasteiger partial charge in [0.15, 0.2) is 5.75 Å². The van der Waals surface area contributed by atoms with Crippen LogP contribution in [0.2, 0.25) is 0 Å². The summed E-state index contributed by atoms with van der Waals surface area (Å²) in [6.07, 6.45) is 1.93. The lowest BCUT2D eigenvalue weighted by Crippen LogP contribution is -2.20. The summed E-state index contributed by atoms with van der Waals surface area (Å²) in [6, 6.07) is 3.96. The highest BCUT2D eigenvalue weighted by molar-refractivity contribution is 6.34. The SMILES string of the molecule is C=CCOc1cccc([N+](=O)[O-])c1OC(=O)C(=O)CCC. The number of nitro groups is 1. The quantitative estimate of drug-likeness (QED) is 0.182. The molecule has 0 bridgehead atoms. The summed E-state index contributed by atoms with van der Waals surface area (Å²) in [5.41, 5.74) is -0.450. The van der Waals surface area contributed by atoms with Crippen molar-refractivity contribution in [1.82, 2.24) is 0 Å². The second kappa shape index (κ2) is 7.78. The van der Waals surface area contributed by atoms with Gasteiger partial charge in [-0.15, -0.1) is 0 Å². The Hall–Kier alpha value is -2.70. The largest absolute Gasteiger partial charge is 0.485 e. The predicted molar refractivity (Wildman–Crippen MR) is 74.3 cm³/mol. The Kier molecular flexibility index (Phi) is 6.06. The van der Waals surface area contributed by atoms with E-state index in [2.05, 4.69) is 6.58 Å². The fraction of sp³-hybridized carbons (Fsp3) is 0.286. The second-order valence-corrected chi connectivity index (χ2v) is 4.02. The molecule has 1 aromatic rings. The van der Waals surface area contributed by atoms with E-state index in [1.54, 1.807) is 6.92 Å². The molecule has 1 rings (SSSR count). The Bertz CT molecular complexity index is 567. The van der Waals surface area contributed by atoms with Gasteiger partial charge in [0, 0.05) is 12.5 Å². The van der Waals surface area contributed by atoms with Gasteiger partial charge in [0.25, 0.3) is 0 Å². The number of hydrogen-bond donors (Lipinski definition) is 0. The zero-order valence-corrected chi connectivity index (χ0v) is 11.5. The number of carbonyl (C=O) groups excluding carboxylic acids is 2. The number of rotatable bonds is 8. The third kappa shape index (κ3) is 4.41. The average molecular weight is 293 g/mol. The van der Waals surface area contributed by atoms with Crippen LogP contribution in [-0.2, 0) is 9.59 Å². The molecular formula is C14H15NO6. The molecule has 0 aliphatic heterocycles. The van der Waals surface area contributed by atoms with E-state index >= 15 is 0 Å². The number of nitro benzene ring substituents is 1. The number of nitrogens with zero attached hydrogens (tertiary/aromatic N) is 1. The Morgan fingerprint density at radius 3 is 2.71 bits per heavy atom. The van der Waals surface area contributed by atoms with Gasteiger partial charge in [-0.05, 0) is 12.5 Å². The van der Waals surface area contributed by atoms with Crippen LogP contribution in [0, 0.1) is 10.1 Å². The van der Waals surface area contributed by atoms with Crippen molar-refractivity contribution in [3.63, 3.8) is 0 Å². The fourth-order valence-electron chi connectivity index (χ4n) is 1.49. The molecule has 0 aliphatic carbocycles. The van der Waals surface area contributed by atoms with Gasteiger partial charge >= 0.3 is 11.7 Å². The Morgan fingerprint density at radius 1 is 1.43 bits per heavy atom. The molecule has 0 amide bonds. The number of ether oxygens (including phenoxy) is 2. The van der Waals surface area contributed by atoms with Crippen LogP contribution in [0.1, 0.15) is 19.8 Å². The maximum absolute atomic E-state index is 11.6. The first-order valence-electron chi connectivity index (χ1n) is 6.27. The molecule has 0 saturated heterocycles. The van der Waals surface area contributed by atoms with Crippen LogP contribution in [0.5, 0.6) is 11.5 Å². The van der Waals surface area contributed by atoms with E-state index < -0.39 is 22.4 Å². The van der Waals surface area contributed by atoms with E-state index in [0.717, 1.165) is 6.07 Å². The third-order valence-corrected chi connectivity index (χ3v) is 2.41. The van der Waals surface area contributed by atoms with Gasteiger partial charge in [-0.25, -0.2) is 4.79 Å². The zero-order valence-electron chi connectivity index (χ0n) is 11.5. The van der Waals surface area contributed by atoms with Gasteiger partial charge < -0.3 is 9.47 Å². The molecule has 0 saturated carbocycles. The van der Waals surface area contributed by atoms with Gasteiger partial charge in [-0.3, -0.25) is 14.9 Å². The first-order valence-corrected chi connectivity index (χ1v) is 6.27. The number of esters is 1. The normalized spacial score (nSPS) is 9.76. The van der Waals surface area contributed by atoms with Crippen LogP contribution in [0.25, 0.3) is 0 Å². The molecule has 21 heavy (non-hydrogen) atoms. The summed E-state index contributed by atoms with van der Waals surface area (Å²) >= 11 is 0. The van der Waals surface area contributed by atoms with Crippen molar-refractivity contribution in [2.45, 2.75) is 19.8 Å². The zero-order chi connectivity index (χ0) is 15.8. The molecule has 7 nitrogen and oxygen atoms in total. The molecule has 112 valence electrons. The summed E-state index contributed by atoms with van der Waals surface area (Å²) in [5.74, 6) is -2.26. The monoisotopic (exact) mass is 293 g/mol. The molecule has 0 fully saturated rings. The van der Waals surface area contributed by atoms with Gasteiger partial charge in [0.05, 0.1) is 4.92 Å². The fourth-order valence-corrected chi connectivity index (χ4v) is 1.49. The number of benzene rings is 1. The van der Waals surface area contributed by atoms with Crippen molar-refractivity contribution in [3.8, 4) is 11.5 Å². The molecule has 0 spiro atoms. The maximum Gasteiger partial charge on any atom is 0.380 e. The summed E-state index contributed by atoms with van der Waals surface area (Å²) in [5, 5.41) is 11.0. The molecule has 0 unspecified atom stereocenters. The van der Waals surface area contributed by atoms with Gasteiger partial charge in [-0.1, -0.05) is 25.6 Å². The lowest BCUT2D eigenvalue weighted by molar-refractivity contribution is -0.385. The minimum absolute atomic E-state index is 0.00162. The molecule has 0 atom stereocenters. The van der Waals surface area contributed by atoms with Crippen LogP contribution >= 0.6 is 0 Å².